The Balaban J connectivity index is 2.59. The van der Waals surface area contributed by atoms with E-state index in [1.54, 1.807) is 0 Å². The van der Waals surface area contributed by atoms with Crippen LogP contribution in [0, 0.1) is 0 Å². The highest BCUT2D eigenvalue weighted by Gasteiger charge is 2.37. The number of alkyl carbamates (subject to hydrolysis) is 1. The van der Waals surface area contributed by atoms with Gasteiger partial charge in [0.25, 0.3) is 0 Å². The molecular formula is C6H11NO5S. The summed E-state index contributed by atoms with van der Waals surface area (Å²) in [5, 5.41) is 11.5. The molecule has 1 aliphatic rings. The van der Waals surface area contributed by atoms with Gasteiger partial charge in [0.2, 0.25) is 0 Å². The van der Waals surface area contributed by atoms with Gasteiger partial charge in [-0.15, -0.1) is 0 Å². The van der Waals surface area contributed by atoms with Crippen LogP contribution in [-0.2, 0) is 14.6 Å². The third kappa shape index (κ3) is 2.56. The van der Waals surface area contributed by atoms with Crippen LogP contribution in [0.4, 0.5) is 4.79 Å². The lowest BCUT2D eigenvalue weighted by molar-refractivity contribution is 0.138. The molecule has 2 N–H and O–H groups in total. The average Bonchev–Trinajstić information content (AvgIpc) is 2.24. The van der Waals surface area contributed by atoms with Gasteiger partial charge < -0.3 is 15.2 Å². The number of nitrogens with one attached hydrogen (secondary N) is 1. The number of carbonyl (C=O) groups is 1. The predicted molar refractivity (Wildman–Crippen MR) is 44.0 cm³/mol. The lowest BCUT2D eigenvalue weighted by Gasteiger charge is -2.12. The Morgan fingerprint density at radius 3 is 2.54 bits per heavy atom. The quantitative estimate of drug-likeness (QED) is 0.548. The summed E-state index contributed by atoms with van der Waals surface area (Å²) in [6.45, 7) is 0. The Kier molecular flexibility index (Phi) is 2.77. The van der Waals surface area contributed by atoms with E-state index in [0.717, 1.165) is 0 Å². The van der Waals surface area contributed by atoms with E-state index in [9.17, 15) is 18.3 Å². The molecule has 6 nitrogen and oxygen atoms in total. The Morgan fingerprint density at radius 2 is 2.15 bits per heavy atom. The number of aliphatic hydroxyl groups excluding tert-OH is 1. The number of hydrogen-bond acceptors (Lipinski definition) is 5. The molecule has 0 radical (unpaired) electrons. The molecule has 1 heterocycles. The van der Waals surface area contributed by atoms with E-state index in [1.165, 1.54) is 7.11 Å². The van der Waals surface area contributed by atoms with Crippen molar-refractivity contribution in [3.8, 4) is 0 Å². The highest BCUT2D eigenvalue weighted by Crippen LogP contribution is 2.12. The lowest BCUT2D eigenvalue weighted by Crippen LogP contribution is -2.42. The third-order valence-electron chi connectivity index (χ3n) is 1.81. The van der Waals surface area contributed by atoms with Crippen molar-refractivity contribution in [3.63, 3.8) is 0 Å². The molecule has 0 spiro atoms. The van der Waals surface area contributed by atoms with Crippen LogP contribution in [0.5, 0.6) is 0 Å². The SMILES string of the molecule is COC(=O)NC1CS(=O)(=O)CC1O. The highest BCUT2D eigenvalue weighted by molar-refractivity contribution is 7.91. The summed E-state index contributed by atoms with van der Waals surface area (Å²) in [6, 6.07) is -0.752. The summed E-state index contributed by atoms with van der Waals surface area (Å²) in [4.78, 5) is 10.7. The van der Waals surface area contributed by atoms with Crippen molar-refractivity contribution in [2.45, 2.75) is 12.1 Å². The Hall–Kier alpha value is -0.820. The molecule has 1 saturated heterocycles. The summed E-state index contributed by atoms with van der Waals surface area (Å²) < 4.78 is 26.2. The molecule has 1 rings (SSSR count). The van der Waals surface area contributed by atoms with E-state index < -0.39 is 28.1 Å². The first-order valence-corrected chi connectivity index (χ1v) is 5.50. The van der Waals surface area contributed by atoms with Crippen molar-refractivity contribution in [3.05, 3.63) is 0 Å². The Labute approximate surface area is 75.8 Å². The molecule has 0 aromatic heterocycles. The van der Waals surface area contributed by atoms with Crippen LogP contribution in [0.2, 0.25) is 0 Å². The van der Waals surface area contributed by atoms with Gasteiger partial charge in [-0.25, -0.2) is 13.2 Å². The number of methoxy groups -OCH3 is 1. The molecule has 2 atom stereocenters. The van der Waals surface area contributed by atoms with Gasteiger partial charge in [-0.2, -0.15) is 0 Å². The fourth-order valence-electron chi connectivity index (χ4n) is 1.18. The zero-order chi connectivity index (χ0) is 10.1. The number of hydrogen-bond donors (Lipinski definition) is 2. The highest BCUT2D eigenvalue weighted by atomic mass is 32.2. The van der Waals surface area contributed by atoms with Crippen molar-refractivity contribution in [1.29, 1.82) is 0 Å². The monoisotopic (exact) mass is 209 g/mol. The minimum absolute atomic E-state index is 0.233. The zero-order valence-electron chi connectivity index (χ0n) is 7.06. The van der Waals surface area contributed by atoms with Gasteiger partial charge in [0, 0.05) is 0 Å². The first-order chi connectivity index (χ1) is 5.94. The molecule has 0 aromatic carbocycles. The molecule has 7 heteroatoms. The molecule has 2 unspecified atom stereocenters. The van der Waals surface area contributed by atoms with Crippen LogP contribution in [0.25, 0.3) is 0 Å². The van der Waals surface area contributed by atoms with Crippen LogP contribution < -0.4 is 5.32 Å². The van der Waals surface area contributed by atoms with Gasteiger partial charge in [-0.05, 0) is 0 Å². The topological polar surface area (TPSA) is 92.7 Å². The predicted octanol–water partition coefficient (Wildman–Crippen LogP) is -1.50. The summed E-state index contributed by atoms with van der Waals surface area (Å²) in [7, 11) is -2.05. The van der Waals surface area contributed by atoms with Crippen LogP contribution in [-0.4, -0.2) is 50.4 Å². The second kappa shape index (κ2) is 3.51. The van der Waals surface area contributed by atoms with Crippen molar-refractivity contribution in [1.82, 2.24) is 5.32 Å². The van der Waals surface area contributed by atoms with Gasteiger partial charge in [-0.3, -0.25) is 0 Å². The number of carbonyl (C=O) groups excluding carboxylic acids is 1. The maximum absolute atomic E-state index is 11.0. The number of rotatable bonds is 1. The van der Waals surface area contributed by atoms with Crippen LogP contribution in [0.15, 0.2) is 0 Å². The lowest BCUT2D eigenvalue weighted by atomic mass is 10.2. The number of amides is 1. The molecule has 1 fully saturated rings. The first-order valence-electron chi connectivity index (χ1n) is 3.67. The fraction of sp³-hybridized carbons (Fsp3) is 0.833. The summed E-state index contributed by atoms with van der Waals surface area (Å²) in [5.41, 5.74) is 0. The Bertz CT molecular complexity index is 298. The van der Waals surface area contributed by atoms with Gasteiger partial charge in [0.05, 0.1) is 30.8 Å². The standard InChI is InChI=1S/C6H11NO5S/c1-12-6(9)7-4-2-13(10,11)3-5(4)8/h4-5,8H,2-3H2,1H3,(H,7,9). The fourth-order valence-corrected chi connectivity index (χ4v) is 2.92. The average molecular weight is 209 g/mol. The number of aliphatic hydroxyl groups is 1. The van der Waals surface area contributed by atoms with Crippen molar-refractivity contribution < 1.29 is 23.1 Å². The largest absolute Gasteiger partial charge is 0.453 e. The van der Waals surface area contributed by atoms with Gasteiger partial charge in [0.1, 0.15) is 0 Å². The minimum Gasteiger partial charge on any atom is -0.453 e. The minimum atomic E-state index is -3.22. The van der Waals surface area contributed by atoms with Crippen LogP contribution in [0.3, 0.4) is 0 Å². The molecule has 1 aliphatic heterocycles. The molecule has 13 heavy (non-hydrogen) atoms. The second-order valence-electron chi connectivity index (χ2n) is 2.89. The van der Waals surface area contributed by atoms with E-state index in [4.69, 9.17) is 0 Å². The summed E-state index contributed by atoms with van der Waals surface area (Å²) >= 11 is 0. The van der Waals surface area contributed by atoms with Crippen molar-refractivity contribution in [2.24, 2.45) is 0 Å². The van der Waals surface area contributed by atoms with Gasteiger partial charge >= 0.3 is 6.09 Å². The Morgan fingerprint density at radius 1 is 1.54 bits per heavy atom. The van der Waals surface area contributed by atoms with Gasteiger partial charge in [-0.1, -0.05) is 0 Å². The summed E-state index contributed by atoms with van der Waals surface area (Å²) in [6.07, 6.45) is -1.77. The molecule has 76 valence electrons. The van der Waals surface area contributed by atoms with Crippen LogP contribution >= 0.6 is 0 Å². The molecule has 0 aliphatic carbocycles. The molecule has 0 bridgehead atoms. The molecule has 0 aromatic rings. The van der Waals surface area contributed by atoms with E-state index in [1.807, 2.05) is 0 Å². The van der Waals surface area contributed by atoms with Gasteiger partial charge in [0.15, 0.2) is 9.84 Å². The molecule has 1 amide bonds. The normalized spacial score (nSPS) is 31.2. The maximum atomic E-state index is 11.0. The second-order valence-corrected chi connectivity index (χ2v) is 5.04. The van der Waals surface area contributed by atoms with E-state index in [2.05, 4.69) is 10.1 Å². The smallest absolute Gasteiger partial charge is 0.407 e. The van der Waals surface area contributed by atoms with Crippen molar-refractivity contribution >= 4 is 15.9 Å². The van der Waals surface area contributed by atoms with E-state index in [0.29, 0.717) is 0 Å². The number of sulfone groups is 1. The first kappa shape index (κ1) is 10.3. The third-order valence-corrected chi connectivity index (χ3v) is 3.53. The zero-order valence-corrected chi connectivity index (χ0v) is 7.87. The number of ether oxygens (including phenoxy) is 1. The van der Waals surface area contributed by atoms with E-state index in [-0.39, 0.29) is 11.5 Å². The molecule has 0 saturated carbocycles. The maximum Gasteiger partial charge on any atom is 0.407 e. The van der Waals surface area contributed by atoms with Crippen molar-refractivity contribution in [2.75, 3.05) is 18.6 Å². The molecular weight excluding hydrogens is 198 g/mol. The van der Waals surface area contributed by atoms with E-state index >= 15 is 0 Å². The summed E-state index contributed by atoms with van der Waals surface area (Å²) in [5.74, 6) is -0.537. The van der Waals surface area contributed by atoms with Crippen LogP contribution in [0.1, 0.15) is 0 Å².